The number of aryl methyl sites for hydroxylation is 1. The number of fused-ring (bicyclic) bond motifs is 1. The number of carbonyl (C=O) groups excluding carboxylic acids is 1. The van der Waals surface area contributed by atoms with E-state index in [2.05, 4.69) is 15.6 Å². The minimum absolute atomic E-state index is 0.0110. The number of nitriles is 1. The van der Waals surface area contributed by atoms with E-state index >= 15 is 0 Å². The lowest BCUT2D eigenvalue weighted by molar-refractivity contribution is -0.116. The fraction of sp³-hybridized carbons (Fsp3) is 0.125. The summed E-state index contributed by atoms with van der Waals surface area (Å²) in [6.45, 7) is 2.50. The third-order valence-electron chi connectivity index (χ3n) is 6.39. The first-order chi connectivity index (χ1) is 20.0. The molecule has 0 unspecified atom stereocenters. The number of hydrogen-bond acceptors (Lipinski definition) is 7. The van der Waals surface area contributed by atoms with Crippen LogP contribution in [-0.4, -0.2) is 34.8 Å². The number of likely N-dealkylation sites (N-methyl/N-ethyl adjacent to an activating group) is 1. The van der Waals surface area contributed by atoms with Gasteiger partial charge in [-0.2, -0.15) is 10.4 Å². The topological polar surface area (TPSA) is 114 Å². The molecule has 9 heteroatoms. The lowest BCUT2D eigenvalue weighted by atomic mass is 10.1. The van der Waals surface area contributed by atoms with Gasteiger partial charge in [0.15, 0.2) is 11.5 Å². The van der Waals surface area contributed by atoms with Crippen molar-refractivity contribution in [2.75, 3.05) is 19.5 Å². The maximum Gasteiger partial charge on any atom is 0.261 e. The van der Waals surface area contributed by atoms with Crippen molar-refractivity contribution in [3.8, 4) is 23.3 Å². The molecule has 0 atom stereocenters. The first kappa shape index (κ1) is 27.0. The summed E-state index contributed by atoms with van der Waals surface area (Å²) < 4.78 is 13.4. The fourth-order valence-electron chi connectivity index (χ4n) is 4.28. The van der Waals surface area contributed by atoms with E-state index in [0.29, 0.717) is 46.1 Å². The van der Waals surface area contributed by atoms with Crippen LogP contribution in [0.4, 0.5) is 11.5 Å². The Hall–Kier alpha value is -5.62. The van der Waals surface area contributed by atoms with Gasteiger partial charge < -0.3 is 20.1 Å². The first-order valence-corrected chi connectivity index (χ1v) is 12.9. The van der Waals surface area contributed by atoms with Crippen LogP contribution >= 0.6 is 0 Å². The van der Waals surface area contributed by atoms with Crippen molar-refractivity contribution in [3.05, 3.63) is 107 Å². The number of nitrogens with one attached hydrogen (secondary N) is 2. The summed E-state index contributed by atoms with van der Waals surface area (Å²) in [5.41, 5.74) is 4.23. The molecule has 0 fully saturated rings. The second-order valence-electron chi connectivity index (χ2n) is 9.28. The third-order valence-corrected chi connectivity index (χ3v) is 6.39. The van der Waals surface area contributed by atoms with Crippen LogP contribution in [0.15, 0.2) is 90.6 Å². The number of anilines is 2. The number of benzene rings is 3. The molecule has 0 aliphatic rings. The molecule has 0 saturated heterocycles. The normalized spacial score (nSPS) is 11.1. The minimum Gasteiger partial charge on any atom is -0.497 e. The summed E-state index contributed by atoms with van der Waals surface area (Å²) in [4.78, 5) is 16.7. The van der Waals surface area contributed by atoms with Crippen molar-refractivity contribution >= 4 is 34.5 Å². The van der Waals surface area contributed by atoms with Gasteiger partial charge in [0.25, 0.3) is 5.91 Å². The van der Waals surface area contributed by atoms with E-state index in [1.165, 1.54) is 13.1 Å². The lowest BCUT2D eigenvalue weighted by Crippen LogP contribution is -2.19. The molecule has 9 nitrogen and oxygen atoms in total. The molecule has 2 aromatic heterocycles. The Morgan fingerprint density at radius 2 is 1.80 bits per heavy atom. The van der Waals surface area contributed by atoms with Crippen molar-refractivity contribution in [1.29, 1.82) is 5.26 Å². The Balaban J connectivity index is 1.56. The van der Waals surface area contributed by atoms with Crippen LogP contribution in [0, 0.1) is 18.3 Å². The molecule has 5 rings (SSSR count). The second kappa shape index (κ2) is 12.1. The average molecular weight is 545 g/mol. The van der Waals surface area contributed by atoms with Gasteiger partial charge in [-0.25, -0.2) is 9.67 Å². The maximum atomic E-state index is 12.0. The van der Waals surface area contributed by atoms with Gasteiger partial charge in [-0.15, -0.1) is 0 Å². The molecule has 3 aromatic carbocycles. The highest BCUT2D eigenvalue weighted by molar-refractivity contribution is 6.01. The van der Waals surface area contributed by atoms with Crippen molar-refractivity contribution in [2.45, 2.75) is 13.5 Å². The molecular weight excluding hydrogens is 516 g/mol. The van der Waals surface area contributed by atoms with Crippen molar-refractivity contribution in [2.24, 2.45) is 0 Å². The molecule has 204 valence electrons. The third kappa shape index (κ3) is 6.18. The molecule has 0 aliphatic carbocycles. The summed E-state index contributed by atoms with van der Waals surface area (Å²) in [6.07, 6.45) is 3.24. The molecule has 0 spiro atoms. The SMILES string of the molecule is CNC(=O)/C(C#N)=C/c1cccc(Nc2nn(Cc3ccc(OC)cc3)c3nccc(Oc4ccc(C)cc4)c23)c1. The number of carbonyl (C=O) groups is 1. The Kier molecular flexibility index (Phi) is 7.93. The fourth-order valence-corrected chi connectivity index (χ4v) is 4.28. The van der Waals surface area contributed by atoms with Crippen LogP contribution < -0.4 is 20.1 Å². The predicted octanol–water partition coefficient (Wildman–Crippen LogP) is 5.99. The van der Waals surface area contributed by atoms with E-state index in [-0.39, 0.29) is 5.57 Å². The zero-order chi connectivity index (χ0) is 28.8. The molecule has 0 bridgehead atoms. The van der Waals surface area contributed by atoms with Gasteiger partial charge in [0.05, 0.1) is 13.7 Å². The van der Waals surface area contributed by atoms with E-state index < -0.39 is 5.91 Å². The number of pyridine rings is 1. The zero-order valence-corrected chi connectivity index (χ0v) is 22.9. The van der Waals surface area contributed by atoms with Gasteiger partial charge in [0, 0.05) is 25.0 Å². The summed E-state index contributed by atoms with van der Waals surface area (Å²) in [7, 11) is 3.13. The summed E-state index contributed by atoms with van der Waals surface area (Å²) in [6, 6.07) is 26.8. The molecule has 1 amide bonds. The summed E-state index contributed by atoms with van der Waals surface area (Å²) >= 11 is 0. The predicted molar refractivity (Wildman–Crippen MR) is 158 cm³/mol. The summed E-state index contributed by atoms with van der Waals surface area (Å²) in [5.74, 6) is 2.18. The van der Waals surface area contributed by atoms with E-state index in [4.69, 9.17) is 14.6 Å². The number of amides is 1. The number of rotatable bonds is 9. The van der Waals surface area contributed by atoms with Gasteiger partial charge in [0.1, 0.15) is 34.3 Å². The Labute approximate surface area is 237 Å². The van der Waals surface area contributed by atoms with Crippen LogP contribution in [0.25, 0.3) is 17.1 Å². The van der Waals surface area contributed by atoms with Gasteiger partial charge in [-0.05, 0) is 60.5 Å². The van der Waals surface area contributed by atoms with E-state index in [0.717, 1.165) is 16.9 Å². The molecule has 0 saturated carbocycles. The van der Waals surface area contributed by atoms with Gasteiger partial charge in [-0.1, -0.05) is 42.0 Å². The number of hydrogen-bond donors (Lipinski definition) is 2. The monoisotopic (exact) mass is 544 g/mol. The molecule has 41 heavy (non-hydrogen) atoms. The van der Waals surface area contributed by atoms with Crippen LogP contribution in [0.3, 0.4) is 0 Å². The maximum absolute atomic E-state index is 12.0. The quantitative estimate of drug-likeness (QED) is 0.173. The van der Waals surface area contributed by atoms with Gasteiger partial charge in [0.2, 0.25) is 0 Å². The zero-order valence-electron chi connectivity index (χ0n) is 22.9. The molecule has 0 radical (unpaired) electrons. The highest BCUT2D eigenvalue weighted by atomic mass is 16.5. The molecule has 2 N–H and O–H groups in total. The Morgan fingerprint density at radius 3 is 2.51 bits per heavy atom. The lowest BCUT2D eigenvalue weighted by Gasteiger charge is -2.09. The first-order valence-electron chi connectivity index (χ1n) is 12.9. The molecule has 0 aliphatic heterocycles. The highest BCUT2D eigenvalue weighted by Gasteiger charge is 2.18. The smallest absolute Gasteiger partial charge is 0.261 e. The van der Waals surface area contributed by atoms with E-state index in [1.54, 1.807) is 13.3 Å². The van der Waals surface area contributed by atoms with Crippen LogP contribution in [0.5, 0.6) is 17.2 Å². The van der Waals surface area contributed by atoms with E-state index in [1.807, 2.05) is 96.5 Å². The van der Waals surface area contributed by atoms with Crippen molar-refractivity contribution < 1.29 is 14.3 Å². The van der Waals surface area contributed by atoms with Crippen LogP contribution in [-0.2, 0) is 11.3 Å². The Bertz CT molecular complexity index is 1770. The van der Waals surface area contributed by atoms with E-state index in [9.17, 15) is 10.1 Å². The average Bonchev–Trinajstić information content (AvgIpc) is 3.34. The number of ether oxygens (including phenoxy) is 2. The Morgan fingerprint density at radius 1 is 1.05 bits per heavy atom. The number of aromatic nitrogens is 3. The van der Waals surface area contributed by atoms with Gasteiger partial charge >= 0.3 is 0 Å². The van der Waals surface area contributed by atoms with Crippen molar-refractivity contribution in [3.63, 3.8) is 0 Å². The summed E-state index contributed by atoms with van der Waals surface area (Å²) in [5, 5.41) is 20.9. The largest absolute Gasteiger partial charge is 0.497 e. The number of nitrogens with zero attached hydrogens (tertiary/aromatic N) is 4. The second-order valence-corrected chi connectivity index (χ2v) is 9.28. The molecular formula is C32H28N6O3. The van der Waals surface area contributed by atoms with Crippen LogP contribution in [0.2, 0.25) is 0 Å². The number of methoxy groups -OCH3 is 1. The highest BCUT2D eigenvalue weighted by Crippen LogP contribution is 2.36. The molecule has 2 heterocycles. The standard InChI is InChI=1S/C32H28N6O3/c1-21-7-11-27(12-8-21)41-28-15-16-35-31-29(28)30(37-38(31)20-22-9-13-26(40-3)14-10-22)36-25-6-4-5-23(18-25)17-24(19-33)32(39)34-2/h4-18H,20H2,1-3H3,(H,34,39)(H,36,37)/b24-17+. The minimum atomic E-state index is -0.446. The molecule has 5 aromatic rings. The van der Waals surface area contributed by atoms with Crippen molar-refractivity contribution in [1.82, 2.24) is 20.1 Å². The van der Waals surface area contributed by atoms with Crippen LogP contribution in [0.1, 0.15) is 16.7 Å². The van der Waals surface area contributed by atoms with Gasteiger partial charge in [-0.3, -0.25) is 4.79 Å².